The second-order valence-corrected chi connectivity index (χ2v) is 9.45. The van der Waals surface area contributed by atoms with E-state index in [-0.39, 0.29) is 0 Å². The van der Waals surface area contributed by atoms with E-state index in [2.05, 4.69) is 10.2 Å². The minimum absolute atomic E-state index is 0.291. The Balaban J connectivity index is 1.67. The lowest BCUT2D eigenvalue weighted by Crippen LogP contribution is -2.44. The topological polar surface area (TPSA) is 78.4 Å². The van der Waals surface area contributed by atoms with Crippen LogP contribution in [-0.4, -0.2) is 51.1 Å². The molecule has 0 amide bonds. The molecular formula is C20H20ClN5O2S. The zero-order valence-electron chi connectivity index (χ0n) is 15.7. The monoisotopic (exact) mass is 429 g/mol. The van der Waals surface area contributed by atoms with Crippen LogP contribution in [0, 0.1) is 0 Å². The summed E-state index contributed by atoms with van der Waals surface area (Å²) in [5, 5.41) is 4.59. The third-order valence-electron chi connectivity index (χ3n) is 5.38. The van der Waals surface area contributed by atoms with E-state index in [1.165, 1.54) is 4.31 Å². The van der Waals surface area contributed by atoms with Crippen LogP contribution in [0.2, 0.25) is 5.02 Å². The van der Waals surface area contributed by atoms with Crippen LogP contribution in [0.1, 0.15) is 5.56 Å². The van der Waals surface area contributed by atoms with Gasteiger partial charge in [-0.15, -0.1) is 0 Å². The van der Waals surface area contributed by atoms with Crippen LogP contribution in [0.4, 0.5) is 11.8 Å². The van der Waals surface area contributed by atoms with Crippen molar-refractivity contribution in [1.29, 1.82) is 0 Å². The van der Waals surface area contributed by atoms with Crippen LogP contribution in [0.25, 0.3) is 10.9 Å². The second-order valence-electron chi connectivity index (χ2n) is 7.18. The third-order valence-corrected chi connectivity index (χ3v) is 7.51. The molecular weight excluding hydrogens is 410 g/mol. The van der Waals surface area contributed by atoms with Gasteiger partial charge >= 0.3 is 0 Å². The first-order valence-electron chi connectivity index (χ1n) is 9.58. The molecule has 29 heavy (non-hydrogen) atoms. The molecule has 1 aromatic heterocycles. The van der Waals surface area contributed by atoms with Gasteiger partial charge in [-0.25, -0.2) is 17.7 Å². The minimum Gasteiger partial charge on any atom is -0.338 e. The number of piperazine rings is 1. The van der Waals surface area contributed by atoms with Gasteiger partial charge < -0.3 is 10.2 Å². The molecule has 7 nitrogen and oxygen atoms in total. The number of hydrogen-bond donors (Lipinski definition) is 1. The Morgan fingerprint density at radius 3 is 2.62 bits per heavy atom. The number of nitrogens with one attached hydrogen (secondary N) is 1. The quantitative estimate of drug-likeness (QED) is 0.674. The number of halogens is 1. The maximum absolute atomic E-state index is 13.4. The molecule has 150 valence electrons. The van der Waals surface area contributed by atoms with Crippen LogP contribution in [0.5, 0.6) is 0 Å². The maximum Gasteiger partial charge on any atom is 0.265 e. The van der Waals surface area contributed by atoms with E-state index in [0.717, 1.165) is 42.6 Å². The molecule has 0 saturated carbocycles. The van der Waals surface area contributed by atoms with Crippen molar-refractivity contribution < 1.29 is 8.42 Å². The molecule has 5 rings (SSSR count). The Morgan fingerprint density at radius 1 is 1.00 bits per heavy atom. The largest absolute Gasteiger partial charge is 0.338 e. The molecule has 1 fully saturated rings. The van der Waals surface area contributed by atoms with Gasteiger partial charge in [0.2, 0.25) is 5.95 Å². The van der Waals surface area contributed by atoms with E-state index < -0.39 is 10.0 Å². The molecule has 0 atom stereocenters. The first-order chi connectivity index (χ1) is 14.0. The van der Waals surface area contributed by atoms with Gasteiger partial charge in [-0.2, -0.15) is 4.98 Å². The second kappa shape index (κ2) is 7.12. The fourth-order valence-electron chi connectivity index (χ4n) is 3.92. The van der Waals surface area contributed by atoms with E-state index in [9.17, 15) is 8.42 Å². The summed E-state index contributed by atoms with van der Waals surface area (Å²) in [5.41, 5.74) is 1.48. The summed E-state index contributed by atoms with van der Waals surface area (Å²) in [6.07, 6.45) is 0.580. The molecule has 1 saturated heterocycles. The molecule has 0 radical (unpaired) electrons. The van der Waals surface area contributed by atoms with Gasteiger partial charge in [0, 0.05) is 43.1 Å². The zero-order chi connectivity index (χ0) is 20.0. The van der Waals surface area contributed by atoms with Crippen LogP contribution >= 0.6 is 11.6 Å². The number of anilines is 2. The molecule has 9 heteroatoms. The molecule has 1 N–H and O–H groups in total. The van der Waals surface area contributed by atoms with Crippen molar-refractivity contribution in [2.24, 2.45) is 0 Å². The van der Waals surface area contributed by atoms with Crippen LogP contribution in [0.3, 0.4) is 0 Å². The summed E-state index contributed by atoms with van der Waals surface area (Å²) >= 11 is 6.07. The Morgan fingerprint density at radius 2 is 1.79 bits per heavy atom. The van der Waals surface area contributed by atoms with Crippen molar-refractivity contribution >= 4 is 44.3 Å². The van der Waals surface area contributed by atoms with Crippen molar-refractivity contribution in [1.82, 2.24) is 15.3 Å². The minimum atomic E-state index is -3.74. The lowest BCUT2D eigenvalue weighted by Gasteiger charge is -2.32. The van der Waals surface area contributed by atoms with E-state index in [1.54, 1.807) is 18.2 Å². The summed E-state index contributed by atoms with van der Waals surface area (Å²) in [4.78, 5) is 11.8. The van der Waals surface area contributed by atoms with Crippen molar-refractivity contribution in [3.63, 3.8) is 0 Å². The highest BCUT2D eigenvalue weighted by Crippen LogP contribution is 2.35. The molecule has 0 spiro atoms. The highest BCUT2D eigenvalue weighted by molar-refractivity contribution is 7.93. The molecule has 2 aliphatic heterocycles. The Bertz CT molecular complexity index is 1190. The number of aromatic nitrogens is 2. The average Bonchev–Trinajstić information content (AvgIpc) is 2.73. The van der Waals surface area contributed by atoms with Gasteiger partial charge in [0.25, 0.3) is 10.0 Å². The van der Waals surface area contributed by atoms with Crippen LogP contribution in [0.15, 0.2) is 47.4 Å². The van der Waals surface area contributed by atoms with Crippen molar-refractivity contribution in [3.05, 3.63) is 53.1 Å². The number of para-hydroxylation sites is 1. The van der Waals surface area contributed by atoms with Gasteiger partial charge in [0.05, 0.1) is 10.4 Å². The Hall–Kier alpha value is -2.42. The number of fused-ring (bicyclic) bond motifs is 2. The summed E-state index contributed by atoms with van der Waals surface area (Å²) in [6, 6.07) is 12.5. The van der Waals surface area contributed by atoms with E-state index in [0.29, 0.717) is 34.6 Å². The van der Waals surface area contributed by atoms with Gasteiger partial charge in [0.1, 0.15) is 0 Å². The maximum atomic E-state index is 13.4. The normalized spacial score (nSPS) is 18.7. The summed E-state index contributed by atoms with van der Waals surface area (Å²) in [7, 11) is -3.74. The van der Waals surface area contributed by atoms with Gasteiger partial charge in [-0.05, 0) is 42.3 Å². The van der Waals surface area contributed by atoms with Crippen LogP contribution in [-0.2, 0) is 16.4 Å². The van der Waals surface area contributed by atoms with Crippen molar-refractivity contribution in [2.75, 3.05) is 41.9 Å². The number of sulfonamides is 1. The first kappa shape index (κ1) is 18.6. The number of rotatable bonds is 2. The zero-order valence-corrected chi connectivity index (χ0v) is 17.2. The van der Waals surface area contributed by atoms with Gasteiger partial charge in [-0.1, -0.05) is 23.7 Å². The van der Waals surface area contributed by atoms with Crippen molar-refractivity contribution in [3.8, 4) is 0 Å². The summed E-state index contributed by atoms with van der Waals surface area (Å²) in [6.45, 7) is 3.58. The first-order valence-corrected chi connectivity index (χ1v) is 11.4. The average molecular weight is 430 g/mol. The highest BCUT2D eigenvalue weighted by Gasteiger charge is 2.34. The van der Waals surface area contributed by atoms with Crippen molar-refractivity contribution in [2.45, 2.75) is 11.3 Å². The SMILES string of the molecule is O=S1(=O)c2ccc(Cl)cc2CCN1c1nc(N2CCNCC2)nc2ccccc12. The van der Waals surface area contributed by atoms with E-state index in [1.807, 2.05) is 24.3 Å². The molecule has 3 aromatic rings. The molecule has 2 aromatic carbocycles. The predicted octanol–water partition coefficient (Wildman–Crippen LogP) is 2.44. The molecule has 3 heterocycles. The number of hydrogen-bond acceptors (Lipinski definition) is 6. The van der Waals surface area contributed by atoms with Gasteiger partial charge in [0.15, 0.2) is 5.82 Å². The van der Waals surface area contributed by atoms with E-state index in [4.69, 9.17) is 21.6 Å². The Labute approximate surface area is 174 Å². The lowest BCUT2D eigenvalue weighted by atomic mass is 10.1. The molecule has 0 bridgehead atoms. The Kier molecular flexibility index (Phi) is 4.57. The standard InChI is InChI=1S/C20H20ClN5O2S/c21-15-5-6-18-14(13-15)7-10-26(29(18,27)28)19-16-3-1-2-4-17(16)23-20(24-19)25-11-8-22-9-12-25/h1-6,13,22H,7-12H2. The smallest absolute Gasteiger partial charge is 0.265 e. The highest BCUT2D eigenvalue weighted by atomic mass is 35.5. The third kappa shape index (κ3) is 3.21. The summed E-state index contributed by atoms with van der Waals surface area (Å²) < 4.78 is 28.3. The number of benzene rings is 2. The predicted molar refractivity (Wildman–Crippen MR) is 114 cm³/mol. The van der Waals surface area contributed by atoms with Crippen LogP contribution < -0.4 is 14.5 Å². The van der Waals surface area contributed by atoms with Gasteiger partial charge in [-0.3, -0.25) is 0 Å². The molecule has 0 unspecified atom stereocenters. The fraction of sp³-hybridized carbons (Fsp3) is 0.300. The molecule has 0 aliphatic carbocycles. The summed E-state index contributed by atoms with van der Waals surface area (Å²) in [5.74, 6) is 1.00. The number of nitrogens with zero attached hydrogens (tertiary/aromatic N) is 4. The van der Waals surface area contributed by atoms with E-state index >= 15 is 0 Å². The molecule has 2 aliphatic rings. The lowest BCUT2D eigenvalue weighted by molar-refractivity contribution is 0.578. The fourth-order valence-corrected chi connectivity index (χ4v) is 5.78.